The number of rotatable bonds is 5. The molecule has 6 nitrogen and oxygen atoms in total. The predicted octanol–water partition coefficient (Wildman–Crippen LogP) is 3.48. The van der Waals surface area contributed by atoms with Crippen LogP contribution in [0.25, 0.3) is 0 Å². The lowest BCUT2D eigenvalue weighted by Crippen LogP contribution is -2.17. The van der Waals surface area contributed by atoms with Crippen molar-refractivity contribution in [2.45, 2.75) is 0 Å². The molecule has 126 valence electrons. The Hall–Kier alpha value is -2.44. The molecule has 2 N–H and O–H groups in total. The molecule has 0 spiro atoms. The summed E-state index contributed by atoms with van der Waals surface area (Å²) in [7, 11) is 2.97. The highest BCUT2D eigenvalue weighted by molar-refractivity contribution is 6.36. The minimum Gasteiger partial charge on any atom is -0.506 e. The number of ether oxygens (including phenoxy) is 2. The lowest BCUT2D eigenvalue weighted by Gasteiger charge is -2.07. The molecule has 2 aromatic carbocycles. The number of aromatic hydroxyl groups is 1. The van der Waals surface area contributed by atoms with Crippen LogP contribution in [-0.4, -0.2) is 31.4 Å². The quantitative estimate of drug-likeness (QED) is 0.625. The van der Waals surface area contributed by atoms with Crippen LogP contribution in [0, 0.1) is 0 Å². The minimum absolute atomic E-state index is 0.0906. The fraction of sp³-hybridized carbons (Fsp3) is 0.125. The minimum atomic E-state index is -0.476. The van der Waals surface area contributed by atoms with Gasteiger partial charge in [0, 0.05) is 22.2 Å². The number of methoxy groups -OCH3 is 2. The van der Waals surface area contributed by atoms with Gasteiger partial charge in [0.1, 0.15) is 17.2 Å². The van der Waals surface area contributed by atoms with Crippen LogP contribution >= 0.6 is 23.2 Å². The summed E-state index contributed by atoms with van der Waals surface area (Å²) in [4.78, 5) is 12.1. The number of benzene rings is 2. The Balaban J connectivity index is 2.16. The number of hydrogen-bond donors (Lipinski definition) is 2. The zero-order valence-electron chi connectivity index (χ0n) is 12.8. The summed E-state index contributed by atoms with van der Waals surface area (Å²) >= 11 is 11.7. The number of hydrazone groups is 1. The third-order valence-corrected chi connectivity index (χ3v) is 3.55. The van der Waals surface area contributed by atoms with Gasteiger partial charge in [0.05, 0.1) is 25.5 Å². The second-order valence-corrected chi connectivity index (χ2v) is 5.47. The van der Waals surface area contributed by atoms with Gasteiger partial charge in [-0.05, 0) is 24.3 Å². The Bertz CT molecular complexity index is 772. The molecule has 0 radical (unpaired) electrons. The molecule has 1 amide bonds. The van der Waals surface area contributed by atoms with Gasteiger partial charge in [0.2, 0.25) is 0 Å². The van der Waals surface area contributed by atoms with E-state index in [1.54, 1.807) is 18.2 Å². The van der Waals surface area contributed by atoms with E-state index in [1.807, 2.05) is 0 Å². The van der Waals surface area contributed by atoms with E-state index in [9.17, 15) is 9.90 Å². The predicted molar refractivity (Wildman–Crippen MR) is 92.7 cm³/mol. The van der Waals surface area contributed by atoms with Gasteiger partial charge in [0.15, 0.2) is 0 Å². The molecule has 0 heterocycles. The highest BCUT2D eigenvalue weighted by atomic mass is 35.5. The number of nitrogens with one attached hydrogen (secondary N) is 1. The number of nitrogens with zero attached hydrogens (tertiary/aromatic N) is 1. The van der Waals surface area contributed by atoms with Crippen molar-refractivity contribution in [3.05, 3.63) is 51.5 Å². The van der Waals surface area contributed by atoms with Crippen molar-refractivity contribution in [3.63, 3.8) is 0 Å². The highest BCUT2D eigenvalue weighted by Gasteiger charge is 2.10. The number of hydrogen-bond acceptors (Lipinski definition) is 5. The van der Waals surface area contributed by atoms with Crippen molar-refractivity contribution in [1.29, 1.82) is 0 Å². The lowest BCUT2D eigenvalue weighted by atomic mass is 10.2. The van der Waals surface area contributed by atoms with E-state index in [0.29, 0.717) is 22.1 Å². The lowest BCUT2D eigenvalue weighted by molar-refractivity contribution is 0.0954. The number of phenolic OH excluding ortho intramolecular Hbond substituents is 1. The molecule has 0 aliphatic heterocycles. The van der Waals surface area contributed by atoms with Gasteiger partial charge < -0.3 is 14.6 Å². The van der Waals surface area contributed by atoms with Gasteiger partial charge in [-0.15, -0.1) is 0 Å². The molecule has 2 rings (SSSR count). The summed E-state index contributed by atoms with van der Waals surface area (Å²) in [6, 6.07) is 7.60. The molecule has 0 unspecified atom stereocenters. The summed E-state index contributed by atoms with van der Waals surface area (Å²) < 4.78 is 10.2. The first kappa shape index (κ1) is 17.9. The van der Waals surface area contributed by atoms with Crippen LogP contribution in [-0.2, 0) is 0 Å². The standard InChI is InChI=1S/C16H14Cl2N2O4/c1-23-12-4-9(5-13(7-12)24-2)16(22)20-19-8-10-3-11(17)6-14(18)15(10)21/h3-8,21H,1-2H3,(H,20,22)/b19-8+. The number of phenols is 1. The fourth-order valence-electron chi connectivity index (χ4n) is 1.85. The van der Waals surface area contributed by atoms with Gasteiger partial charge in [-0.3, -0.25) is 4.79 Å². The Morgan fingerprint density at radius 3 is 2.33 bits per heavy atom. The Morgan fingerprint density at radius 2 is 1.75 bits per heavy atom. The molecule has 0 aliphatic carbocycles. The number of halogens is 2. The first-order valence-electron chi connectivity index (χ1n) is 6.69. The molecule has 0 saturated carbocycles. The summed E-state index contributed by atoms with van der Waals surface area (Å²) in [5.74, 6) is 0.295. The largest absolute Gasteiger partial charge is 0.506 e. The average Bonchev–Trinajstić information content (AvgIpc) is 2.58. The highest BCUT2D eigenvalue weighted by Crippen LogP contribution is 2.30. The van der Waals surface area contributed by atoms with Crippen molar-refractivity contribution in [3.8, 4) is 17.2 Å². The molecule has 0 aromatic heterocycles. The molecule has 0 aliphatic rings. The third kappa shape index (κ3) is 4.31. The topological polar surface area (TPSA) is 80.2 Å². The van der Waals surface area contributed by atoms with Crippen LogP contribution in [0.1, 0.15) is 15.9 Å². The number of carbonyl (C=O) groups is 1. The van der Waals surface area contributed by atoms with E-state index in [1.165, 1.54) is 32.6 Å². The maximum Gasteiger partial charge on any atom is 0.271 e. The second kappa shape index (κ2) is 7.90. The Kier molecular flexibility index (Phi) is 5.89. The first-order valence-corrected chi connectivity index (χ1v) is 7.44. The number of carbonyl (C=O) groups excluding carboxylic acids is 1. The smallest absolute Gasteiger partial charge is 0.271 e. The summed E-state index contributed by atoms with van der Waals surface area (Å²) in [5, 5.41) is 14.0. The molecule has 2 aromatic rings. The molecule has 0 fully saturated rings. The second-order valence-electron chi connectivity index (χ2n) is 4.63. The zero-order chi connectivity index (χ0) is 17.7. The van der Waals surface area contributed by atoms with Crippen molar-refractivity contribution >= 4 is 35.3 Å². The van der Waals surface area contributed by atoms with Gasteiger partial charge in [-0.2, -0.15) is 5.10 Å². The summed E-state index contributed by atoms with van der Waals surface area (Å²) in [6.45, 7) is 0. The van der Waals surface area contributed by atoms with E-state index >= 15 is 0 Å². The fourth-order valence-corrected chi connectivity index (χ4v) is 2.36. The molecular formula is C16H14Cl2N2O4. The third-order valence-electron chi connectivity index (χ3n) is 3.04. The maximum absolute atomic E-state index is 12.1. The monoisotopic (exact) mass is 368 g/mol. The van der Waals surface area contributed by atoms with Gasteiger partial charge in [-0.1, -0.05) is 23.2 Å². The van der Waals surface area contributed by atoms with Crippen molar-refractivity contribution in [1.82, 2.24) is 5.43 Å². The zero-order valence-corrected chi connectivity index (χ0v) is 14.4. The average molecular weight is 369 g/mol. The molecule has 0 saturated heterocycles. The molecule has 0 atom stereocenters. The summed E-state index contributed by atoms with van der Waals surface area (Å²) in [6.07, 6.45) is 1.24. The Morgan fingerprint density at radius 1 is 1.12 bits per heavy atom. The Labute approximate surface area is 148 Å². The first-order chi connectivity index (χ1) is 11.4. The van der Waals surface area contributed by atoms with Crippen molar-refractivity contribution in [2.75, 3.05) is 14.2 Å². The van der Waals surface area contributed by atoms with Crippen LogP contribution in [0.2, 0.25) is 10.0 Å². The van der Waals surface area contributed by atoms with Crippen LogP contribution in [0.15, 0.2) is 35.4 Å². The van der Waals surface area contributed by atoms with E-state index in [-0.39, 0.29) is 16.3 Å². The van der Waals surface area contributed by atoms with Crippen LogP contribution < -0.4 is 14.9 Å². The van der Waals surface area contributed by atoms with E-state index < -0.39 is 5.91 Å². The van der Waals surface area contributed by atoms with Gasteiger partial charge >= 0.3 is 0 Å². The molecular weight excluding hydrogens is 355 g/mol. The van der Waals surface area contributed by atoms with Crippen molar-refractivity contribution < 1.29 is 19.4 Å². The normalized spacial score (nSPS) is 10.7. The number of amides is 1. The van der Waals surface area contributed by atoms with Gasteiger partial charge in [-0.25, -0.2) is 5.43 Å². The van der Waals surface area contributed by atoms with Crippen LogP contribution in [0.3, 0.4) is 0 Å². The summed E-state index contributed by atoms with van der Waals surface area (Å²) in [5.41, 5.74) is 2.91. The van der Waals surface area contributed by atoms with Crippen LogP contribution in [0.5, 0.6) is 17.2 Å². The molecule has 0 bridgehead atoms. The van der Waals surface area contributed by atoms with Crippen LogP contribution in [0.4, 0.5) is 0 Å². The van der Waals surface area contributed by atoms with E-state index in [2.05, 4.69) is 10.5 Å². The van der Waals surface area contributed by atoms with E-state index in [4.69, 9.17) is 32.7 Å². The van der Waals surface area contributed by atoms with Gasteiger partial charge in [0.25, 0.3) is 5.91 Å². The molecule has 24 heavy (non-hydrogen) atoms. The van der Waals surface area contributed by atoms with E-state index in [0.717, 1.165) is 0 Å². The molecule has 8 heteroatoms. The van der Waals surface area contributed by atoms with Crippen molar-refractivity contribution in [2.24, 2.45) is 5.10 Å². The SMILES string of the molecule is COc1cc(OC)cc(C(=O)N/N=C/c2cc(Cl)cc(Cl)c2O)c1. The maximum atomic E-state index is 12.1.